The van der Waals surface area contributed by atoms with Gasteiger partial charge in [-0.1, -0.05) is 85.0 Å². The molecule has 0 fully saturated rings. The van der Waals surface area contributed by atoms with Crippen molar-refractivity contribution < 1.29 is 0 Å². The molecule has 0 unspecified atom stereocenters. The van der Waals surface area contributed by atoms with E-state index in [1.165, 1.54) is 43.8 Å². The highest BCUT2D eigenvalue weighted by Gasteiger charge is 2.31. The Morgan fingerprint density at radius 3 is 1.37 bits per heavy atom. The van der Waals surface area contributed by atoms with Crippen LogP contribution in [0.3, 0.4) is 0 Å². The molecule has 128 valence electrons. The molecule has 0 heteroatoms. The molecule has 0 N–H and O–H groups in total. The Hall–Kier alpha value is -3.12. The summed E-state index contributed by atoms with van der Waals surface area (Å²) in [5.74, 6) is 0. The lowest BCUT2D eigenvalue weighted by atomic mass is 9.69. The van der Waals surface area contributed by atoms with E-state index in [0.29, 0.717) is 0 Å². The summed E-state index contributed by atoms with van der Waals surface area (Å²) in [6.45, 7) is 0. The van der Waals surface area contributed by atoms with Crippen molar-refractivity contribution in [3.63, 3.8) is 0 Å². The normalized spacial score (nSPS) is 16.6. The Morgan fingerprint density at radius 1 is 0.519 bits per heavy atom. The minimum atomic E-state index is 0.102. The first-order chi connectivity index (χ1) is 13.3. The zero-order chi connectivity index (χ0) is 17.8. The predicted molar refractivity (Wildman–Crippen MR) is 116 cm³/mol. The zero-order valence-electron chi connectivity index (χ0n) is 15.2. The van der Waals surface area contributed by atoms with Gasteiger partial charge in [0.1, 0.15) is 0 Å². The molecule has 0 amide bonds. The number of fused-ring (bicyclic) bond motifs is 4. The highest BCUT2D eigenvalue weighted by Crippen LogP contribution is 2.42. The molecule has 0 nitrogen and oxygen atoms in total. The van der Waals surface area contributed by atoms with Crippen molar-refractivity contribution in [2.24, 2.45) is 5.41 Å². The largest absolute Gasteiger partial charge is 0.0733 e. The van der Waals surface area contributed by atoms with Crippen molar-refractivity contribution >= 4 is 33.7 Å². The molecule has 0 radical (unpaired) electrons. The lowest BCUT2D eigenvalue weighted by molar-refractivity contribution is 0.480. The molecule has 2 aliphatic carbocycles. The first-order valence-corrected chi connectivity index (χ1v) is 9.70. The van der Waals surface area contributed by atoms with Crippen molar-refractivity contribution in [3.8, 4) is 0 Å². The summed E-state index contributed by atoms with van der Waals surface area (Å²) in [6, 6.07) is 26.8. The maximum atomic E-state index is 2.43. The third-order valence-corrected chi connectivity index (χ3v) is 6.24. The molecule has 0 bridgehead atoms. The van der Waals surface area contributed by atoms with Gasteiger partial charge in [-0.15, -0.1) is 0 Å². The van der Waals surface area contributed by atoms with E-state index < -0.39 is 0 Å². The van der Waals surface area contributed by atoms with Gasteiger partial charge >= 0.3 is 0 Å². The van der Waals surface area contributed by atoms with Crippen molar-refractivity contribution in [1.29, 1.82) is 0 Å². The summed E-state index contributed by atoms with van der Waals surface area (Å²) < 4.78 is 0. The van der Waals surface area contributed by atoms with E-state index in [1.54, 1.807) is 0 Å². The number of allylic oxidation sites excluding steroid dienone is 2. The van der Waals surface area contributed by atoms with Gasteiger partial charge in [-0.25, -0.2) is 0 Å². The molecule has 0 aliphatic heterocycles. The average Bonchev–Trinajstić information content (AvgIpc) is 2.71. The van der Waals surface area contributed by atoms with E-state index in [2.05, 4.69) is 97.1 Å². The van der Waals surface area contributed by atoms with Gasteiger partial charge in [-0.3, -0.25) is 0 Å². The van der Waals surface area contributed by atoms with Crippen LogP contribution in [0.4, 0.5) is 0 Å². The van der Waals surface area contributed by atoms with Crippen LogP contribution in [0.5, 0.6) is 0 Å². The van der Waals surface area contributed by atoms with Crippen molar-refractivity contribution in [1.82, 2.24) is 0 Å². The first-order valence-electron chi connectivity index (χ1n) is 9.70. The molecule has 0 atom stereocenters. The Labute approximate surface area is 159 Å². The summed E-state index contributed by atoms with van der Waals surface area (Å²) >= 11 is 0. The van der Waals surface area contributed by atoms with Crippen LogP contribution in [0, 0.1) is 5.41 Å². The van der Waals surface area contributed by atoms with E-state index >= 15 is 0 Å². The molecule has 0 aromatic heterocycles. The number of rotatable bonds is 0. The highest BCUT2D eigenvalue weighted by atomic mass is 14.3. The fourth-order valence-corrected chi connectivity index (χ4v) is 4.80. The lowest BCUT2D eigenvalue weighted by Crippen LogP contribution is -2.26. The van der Waals surface area contributed by atoms with Crippen LogP contribution in [0.2, 0.25) is 0 Å². The Morgan fingerprint density at radius 2 is 0.926 bits per heavy atom. The average molecular weight is 344 g/mol. The van der Waals surface area contributed by atoms with Crippen LogP contribution < -0.4 is 0 Å². The van der Waals surface area contributed by atoms with Crippen molar-refractivity contribution in [3.05, 3.63) is 107 Å². The Kier molecular flexibility index (Phi) is 3.02. The smallest absolute Gasteiger partial charge is 0.0149 e. The topological polar surface area (TPSA) is 0 Å². The van der Waals surface area contributed by atoms with Crippen LogP contribution in [0.1, 0.15) is 22.3 Å². The second-order valence-corrected chi connectivity index (χ2v) is 8.05. The van der Waals surface area contributed by atoms with Crippen LogP contribution in [-0.2, 0) is 12.8 Å². The molecule has 4 aromatic carbocycles. The third-order valence-electron chi connectivity index (χ3n) is 6.24. The monoisotopic (exact) mass is 344 g/mol. The fraction of sp³-hybridized carbons (Fsp3) is 0.111. The number of hydrogen-bond donors (Lipinski definition) is 0. The van der Waals surface area contributed by atoms with Gasteiger partial charge in [0.2, 0.25) is 0 Å². The Balaban J connectivity index is 1.44. The van der Waals surface area contributed by atoms with Crippen LogP contribution in [0.15, 0.2) is 84.9 Å². The maximum Gasteiger partial charge on any atom is 0.0149 e. The minimum Gasteiger partial charge on any atom is -0.0733 e. The quantitative estimate of drug-likeness (QED) is 0.328. The summed E-state index contributed by atoms with van der Waals surface area (Å²) in [4.78, 5) is 0. The maximum absolute atomic E-state index is 2.43. The molecule has 0 saturated carbocycles. The number of hydrogen-bond acceptors (Lipinski definition) is 0. The zero-order valence-corrected chi connectivity index (χ0v) is 15.2. The molecule has 0 heterocycles. The SMILES string of the molecule is C1=CC2(C=Cc3cc4ccccc4cc3C2)Cc2cc3ccccc3cc21. The van der Waals surface area contributed by atoms with E-state index in [1.807, 2.05) is 0 Å². The van der Waals surface area contributed by atoms with Crippen molar-refractivity contribution in [2.75, 3.05) is 0 Å². The third kappa shape index (κ3) is 2.37. The summed E-state index contributed by atoms with van der Waals surface area (Å²) in [7, 11) is 0. The first kappa shape index (κ1) is 15.0. The van der Waals surface area contributed by atoms with Gasteiger partial charge in [0.15, 0.2) is 0 Å². The van der Waals surface area contributed by atoms with E-state index in [9.17, 15) is 0 Å². The second-order valence-electron chi connectivity index (χ2n) is 8.05. The molecule has 6 rings (SSSR count). The minimum absolute atomic E-state index is 0.102. The van der Waals surface area contributed by atoms with Crippen LogP contribution in [-0.4, -0.2) is 0 Å². The fourth-order valence-electron chi connectivity index (χ4n) is 4.80. The number of benzene rings is 4. The van der Waals surface area contributed by atoms with Crippen molar-refractivity contribution in [2.45, 2.75) is 12.8 Å². The predicted octanol–water partition coefficient (Wildman–Crippen LogP) is 6.82. The van der Waals surface area contributed by atoms with E-state index in [4.69, 9.17) is 0 Å². The standard InChI is InChI=1S/C27H20/c1-3-7-21-15-25-17-27(11-9-23(25)13-19(21)5-1)12-10-24-14-20-6-2-4-8-22(20)16-26(24)18-27/h1-16H,17-18H2. The Bertz CT molecular complexity index is 1170. The van der Waals surface area contributed by atoms with Gasteiger partial charge in [-0.05, 0) is 68.8 Å². The molecular weight excluding hydrogens is 324 g/mol. The van der Waals surface area contributed by atoms with Crippen LogP contribution in [0.25, 0.3) is 33.7 Å². The lowest BCUT2D eigenvalue weighted by Gasteiger charge is -2.35. The van der Waals surface area contributed by atoms with Gasteiger partial charge in [0.05, 0.1) is 0 Å². The van der Waals surface area contributed by atoms with E-state index in [0.717, 1.165) is 12.8 Å². The summed E-state index contributed by atoms with van der Waals surface area (Å²) in [5.41, 5.74) is 5.77. The molecule has 0 saturated heterocycles. The molecule has 4 aromatic rings. The molecule has 2 aliphatic rings. The van der Waals surface area contributed by atoms with Gasteiger partial charge in [0, 0.05) is 5.41 Å². The highest BCUT2D eigenvalue weighted by molar-refractivity contribution is 5.88. The van der Waals surface area contributed by atoms with Crippen LogP contribution >= 0.6 is 0 Å². The second kappa shape index (κ2) is 5.44. The molecular formula is C27H20. The molecule has 1 spiro atoms. The van der Waals surface area contributed by atoms with Gasteiger partial charge in [-0.2, -0.15) is 0 Å². The summed E-state index contributed by atoms with van der Waals surface area (Å²) in [6.07, 6.45) is 11.7. The van der Waals surface area contributed by atoms with Gasteiger partial charge in [0.25, 0.3) is 0 Å². The summed E-state index contributed by atoms with van der Waals surface area (Å²) in [5, 5.41) is 5.33. The van der Waals surface area contributed by atoms with E-state index in [-0.39, 0.29) is 5.41 Å². The van der Waals surface area contributed by atoms with Gasteiger partial charge < -0.3 is 0 Å². The molecule has 27 heavy (non-hydrogen) atoms.